The summed E-state index contributed by atoms with van der Waals surface area (Å²) in [5.74, 6) is 0.213. The molecule has 1 unspecified atom stereocenters. The third-order valence-electron chi connectivity index (χ3n) is 5.58. The predicted molar refractivity (Wildman–Crippen MR) is 96.5 cm³/mol. The van der Waals surface area contributed by atoms with E-state index >= 15 is 0 Å². The first-order valence-corrected chi connectivity index (χ1v) is 8.85. The van der Waals surface area contributed by atoms with Crippen LogP contribution >= 0.6 is 0 Å². The quantitative estimate of drug-likeness (QED) is 0.877. The number of carbonyl (C=O) groups is 1. The van der Waals surface area contributed by atoms with Gasteiger partial charge in [0.1, 0.15) is 0 Å². The molecule has 0 radical (unpaired) electrons. The van der Waals surface area contributed by atoms with Crippen molar-refractivity contribution in [2.24, 2.45) is 11.1 Å². The first-order valence-electron chi connectivity index (χ1n) is 8.85. The van der Waals surface area contributed by atoms with Crippen molar-refractivity contribution in [2.75, 3.05) is 31.6 Å². The van der Waals surface area contributed by atoms with Crippen molar-refractivity contribution in [3.63, 3.8) is 0 Å². The molecule has 1 aliphatic rings. The number of likely N-dealkylation sites (N-methyl/N-ethyl adjacent to an activating group) is 1. The highest BCUT2D eigenvalue weighted by molar-refractivity contribution is 5.83. The Kier molecular flexibility index (Phi) is 6.05. The van der Waals surface area contributed by atoms with E-state index < -0.39 is 5.41 Å². The van der Waals surface area contributed by atoms with Gasteiger partial charge in [0.15, 0.2) is 0 Å². The van der Waals surface area contributed by atoms with Crippen LogP contribution in [0.4, 0.5) is 5.69 Å². The van der Waals surface area contributed by atoms with Crippen LogP contribution in [0.15, 0.2) is 30.3 Å². The highest BCUT2D eigenvalue weighted by atomic mass is 16.2. The van der Waals surface area contributed by atoms with E-state index in [2.05, 4.69) is 43.0 Å². The smallest absolute Gasteiger partial charge is 0.230 e. The van der Waals surface area contributed by atoms with E-state index in [9.17, 15) is 4.79 Å². The summed E-state index contributed by atoms with van der Waals surface area (Å²) < 4.78 is 0. The number of anilines is 1. The Morgan fingerprint density at radius 1 is 1.30 bits per heavy atom. The summed E-state index contributed by atoms with van der Waals surface area (Å²) in [5.41, 5.74) is 6.80. The van der Waals surface area contributed by atoms with Crippen LogP contribution in [-0.4, -0.2) is 43.5 Å². The van der Waals surface area contributed by atoms with E-state index in [1.807, 2.05) is 18.0 Å². The SMILES string of the molecule is CCC(CC)(CN)C(=O)N(C)C1CCCN(c2ccccc2)C1. The first kappa shape index (κ1) is 17.8. The maximum atomic E-state index is 13.0. The van der Waals surface area contributed by atoms with Crippen molar-refractivity contribution < 1.29 is 4.79 Å². The van der Waals surface area contributed by atoms with Gasteiger partial charge in [0.05, 0.1) is 5.41 Å². The molecule has 0 aromatic heterocycles. The van der Waals surface area contributed by atoms with Crippen LogP contribution in [0.5, 0.6) is 0 Å². The summed E-state index contributed by atoms with van der Waals surface area (Å²) in [4.78, 5) is 17.4. The van der Waals surface area contributed by atoms with Gasteiger partial charge < -0.3 is 15.5 Å². The molecule has 0 bridgehead atoms. The number of hydrogen-bond donors (Lipinski definition) is 1. The van der Waals surface area contributed by atoms with E-state index in [-0.39, 0.29) is 11.9 Å². The molecule has 1 saturated heterocycles. The van der Waals surface area contributed by atoms with Crippen molar-refractivity contribution in [2.45, 2.75) is 45.6 Å². The number of piperidine rings is 1. The minimum atomic E-state index is -0.399. The summed E-state index contributed by atoms with van der Waals surface area (Å²) in [5, 5.41) is 0. The Labute approximate surface area is 140 Å². The maximum Gasteiger partial charge on any atom is 0.230 e. The molecule has 1 aromatic rings. The number of hydrogen-bond acceptors (Lipinski definition) is 3. The highest BCUT2D eigenvalue weighted by Crippen LogP contribution is 2.30. The van der Waals surface area contributed by atoms with Crippen LogP contribution in [0.2, 0.25) is 0 Å². The number of rotatable bonds is 6. The molecule has 4 nitrogen and oxygen atoms in total. The van der Waals surface area contributed by atoms with E-state index in [0.29, 0.717) is 6.54 Å². The van der Waals surface area contributed by atoms with Crippen LogP contribution in [0.25, 0.3) is 0 Å². The molecule has 23 heavy (non-hydrogen) atoms. The molecule has 1 aromatic carbocycles. The van der Waals surface area contributed by atoms with Crippen LogP contribution in [0, 0.1) is 5.41 Å². The number of amides is 1. The van der Waals surface area contributed by atoms with Crippen molar-refractivity contribution in [1.29, 1.82) is 0 Å². The normalized spacial score (nSPS) is 18.8. The summed E-state index contributed by atoms with van der Waals surface area (Å²) in [7, 11) is 1.96. The fraction of sp³-hybridized carbons (Fsp3) is 0.632. The Morgan fingerprint density at radius 2 is 1.96 bits per heavy atom. The van der Waals surface area contributed by atoms with Gasteiger partial charge in [0.2, 0.25) is 5.91 Å². The molecule has 1 amide bonds. The molecule has 1 atom stereocenters. The zero-order valence-corrected chi connectivity index (χ0v) is 14.8. The van der Waals surface area contributed by atoms with Crippen LogP contribution in [0.1, 0.15) is 39.5 Å². The third kappa shape index (κ3) is 3.69. The average Bonchev–Trinajstić information content (AvgIpc) is 2.63. The Hall–Kier alpha value is -1.55. The molecule has 0 saturated carbocycles. The fourth-order valence-electron chi connectivity index (χ4n) is 3.61. The second kappa shape index (κ2) is 7.82. The lowest BCUT2D eigenvalue weighted by Crippen LogP contribution is -2.54. The molecular weight excluding hydrogens is 286 g/mol. The molecule has 1 fully saturated rings. The number of para-hydroxylation sites is 1. The number of nitrogens with two attached hydrogens (primary N) is 1. The van der Waals surface area contributed by atoms with Crippen LogP contribution in [0.3, 0.4) is 0 Å². The van der Waals surface area contributed by atoms with Gasteiger partial charge >= 0.3 is 0 Å². The Balaban J connectivity index is 2.10. The topological polar surface area (TPSA) is 49.6 Å². The number of nitrogens with zero attached hydrogens (tertiary/aromatic N) is 2. The minimum Gasteiger partial charge on any atom is -0.369 e. The summed E-state index contributed by atoms with van der Waals surface area (Å²) in [6, 6.07) is 10.7. The first-order chi connectivity index (χ1) is 11.1. The molecule has 0 aliphatic carbocycles. The fourth-order valence-corrected chi connectivity index (χ4v) is 3.61. The lowest BCUT2D eigenvalue weighted by atomic mass is 9.80. The molecule has 2 rings (SSSR count). The van der Waals surface area contributed by atoms with Gasteiger partial charge in [0.25, 0.3) is 0 Å². The van der Waals surface area contributed by atoms with Crippen molar-refractivity contribution in [3.8, 4) is 0 Å². The van der Waals surface area contributed by atoms with Crippen LogP contribution < -0.4 is 10.6 Å². The van der Waals surface area contributed by atoms with Gasteiger partial charge in [-0.25, -0.2) is 0 Å². The third-order valence-corrected chi connectivity index (χ3v) is 5.58. The molecule has 1 heterocycles. The van der Waals surface area contributed by atoms with Gasteiger partial charge in [-0.15, -0.1) is 0 Å². The summed E-state index contributed by atoms with van der Waals surface area (Å²) in [6.07, 6.45) is 3.79. The lowest BCUT2D eigenvalue weighted by Gasteiger charge is -2.42. The van der Waals surface area contributed by atoms with Gasteiger partial charge in [-0.05, 0) is 37.8 Å². The van der Waals surface area contributed by atoms with Gasteiger partial charge in [-0.3, -0.25) is 4.79 Å². The van der Waals surface area contributed by atoms with Crippen molar-refractivity contribution >= 4 is 11.6 Å². The second-order valence-electron chi connectivity index (χ2n) is 6.69. The molecule has 2 N–H and O–H groups in total. The standard InChI is InChI=1S/C19H31N3O/c1-4-19(5-2,15-20)18(23)21(3)17-12-9-13-22(14-17)16-10-7-6-8-11-16/h6-8,10-11,17H,4-5,9,12-15,20H2,1-3H3. The highest BCUT2D eigenvalue weighted by Gasteiger charge is 2.38. The van der Waals surface area contributed by atoms with Crippen LogP contribution in [-0.2, 0) is 4.79 Å². The molecule has 128 valence electrons. The van der Waals surface area contributed by atoms with Gasteiger partial charge in [0, 0.05) is 38.4 Å². The Bertz CT molecular complexity index is 490. The number of benzene rings is 1. The van der Waals surface area contributed by atoms with E-state index in [0.717, 1.165) is 38.8 Å². The zero-order chi connectivity index (χ0) is 16.9. The number of carbonyl (C=O) groups excluding carboxylic acids is 1. The Morgan fingerprint density at radius 3 is 2.52 bits per heavy atom. The lowest BCUT2D eigenvalue weighted by molar-refractivity contribution is -0.143. The largest absolute Gasteiger partial charge is 0.369 e. The summed E-state index contributed by atoms with van der Waals surface area (Å²) in [6.45, 7) is 6.53. The van der Waals surface area contributed by atoms with E-state index in [4.69, 9.17) is 5.73 Å². The summed E-state index contributed by atoms with van der Waals surface area (Å²) >= 11 is 0. The predicted octanol–water partition coefficient (Wildman–Crippen LogP) is 2.88. The van der Waals surface area contributed by atoms with Gasteiger partial charge in [-0.1, -0.05) is 32.0 Å². The maximum absolute atomic E-state index is 13.0. The minimum absolute atomic E-state index is 0.213. The van der Waals surface area contributed by atoms with Crippen molar-refractivity contribution in [1.82, 2.24) is 4.90 Å². The van der Waals surface area contributed by atoms with E-state index in [1.165, 1.54) is 5.69 Å². The average molecular weight is 317 g/mol. The molecule has 0 spiro atoms. The molecule has 4 heteroatoms. The van der Waals surface area contributed by atoms with E-state index in [1.54, 1.807) is 0 Å². The zero-order valence-electron chi connectivity index (χ0n) is 14.8. The van der Waals surface area contributed by atoms with Crippen molar-refractivity contribution in [3.05, 3.63) is 30.3 Å². The monoisotopic (exact) mass is 317 g/mol. The second-order valence-corrected chi connectivity index (χ2v) is 6.69. The molecule has 1 aliphatic heterocycles. The van der Waals surface area contributed by atoms with Gasteiger partial charge in [-0.2, -0.15) is 0 Å². The molecular formula is C19H31N3O.